The van der Waals surface area contributed by atoms with Crippen molar-refractivity contribution in [3.05, 3.63) is 33.3 Å². The Labute approximate surface area is 136 Å². The van der Waals surface area contributed by atoms with E-state index in [9.17, 15) is 0 Å². The Morgan fingerprint density at radius 3 is 2.60 bits per heavy atom. The van der Waals surface area contributed by atoms with E-state index in [1.807, 2.05) is 12.1 Å². The van der Waals surface area contributed by atoms with Gasteiger partial charge in [0.15, 0.2) is 0 Å². The molecule has 1 heterocycles. The van der Waals surface area contributed by atoms with Gasteiger partial charge in [-0.1, -0.05) is 46.4 Å². The fourth-order valence-corrected chi connectivity index (χ4v) is 3.60. The van der Waals surface area contributed by atoms with Crippen LogP contribution in [0.3, 0.4) is 0 Å². The van der Waals surface area contributed by atoms with Gasteiger partial charge < -0.3 is 10.2 Å². The second kappa shape index (κ2) is 8.38. The van der Waals surface area contributed by atoms with E-state index in [1.54, 1.807) is 0 Å². The fraction of sp³-hybridized carbons (Fsp3) is 0.625. The van der Waals surface area contributed by atoms with Crippen LogP contribution in [0.25, 0.3) is 0 Å². The smallest absolute Gasteiger partial charge is 0.0464 e. The second-order valence-corrected chi connectivity index (χ2v) is 6.92. The van der Waals surface area contributed by atoms with Crippen molar-refractivity contribution in [2.24, 2.45) is 0 Å². The lowest BCUT2D eigenvalue weighted by Crippen LogP contribution is -2.33. The van der Waals surface area contributed by atoms with Gasteiger partial charge in [-0.3, -0.25) is 0 Å². The summed E-state index contributed by atoms with van der Waals surface area (Å²) in [5.41, 5.74) is 1.17. The summed E-state index contributed by atoms with van der Waals surface area (Å²) in [7, 11) is 0. The van der Waals surface area contributed by atoms with Crippen molar-refractivity contribution >= 4 is 27.5 Å². The van der Waals surface area contributed by atoms with Crippen LogP contribution in [0.1, 0.15) is 44.2 Å². The van der Waals surface area contributed by atoms with Crippen molar-refractivity contribution in [3.8, 4) is 0 Å². The van der Waals surface area contributed by atoms with Crippen molar-refractivity contribution in [2.75, 3.05) is 26.2 Å². The zero-order chi connectivity index (χ0) is 14.4. The Morgan fingerprint density at radius 1 is 1.25 bits per heavy atom. The predicted octanol–water partition coefficient (Wildman–Crippen LogP) is 4.63. The van der Waals surface area contributed by atoms with E-state index in [4.69, 9.17) is 11.6 Å². The molecule has 2 rings (SSSR count). The van der Waals surface area contributed by atoms with Gasteiger partial charge >= 0.3 is 0 Å². The standard InChI is InChI=1S/C16H24BrClN2/c1-13(15-7-6-14(17)12-16(15)18)19-8-11-20-9-4-2-3-5-10-20/h6-7,12-13,19H,2-5,8-11H2,1H3. The third-order valence-corrected chi connectivity index (χ3v) is 4.83. The first-order valence-electron chi connectivity index (χ1n) is 7.57. The van der Waals surface area contributed by atoms with E-state index >= 15 is 0 Å². The number of halogens is 2. The van der Waals surface area contributed by atoms with Gasteiger partial charge in [0, 0.05) is 28.6 Å². The molecule has 0 amide bonds. The van der Waals surface area contributed by atoms with Gasteiger partial charge in [-0.05, 0) is 50.6 Å². The molecule has 1 unspecified atom stereocenters. The van der Waals surface area contributed by atoms with Crippen LogP contribution in [0, 0.1) is 0 Å². The fourth-order valence-electron chi connectivity index (χ4n) is 2.76. The van der Waals surface area contributed by atoms with Crippen LogP contribution in [0.5, 0.6) is 0 Å². The molecule has 0 aromatic heterocycles. The normalized spacial score (nSPS) is 18.8. The summed E-state index contributed by atoms with van der Waals surface area (Å²) in [5.74, 6) is 0. The Kier molecular flexibility index (Phi) is 6.82. The summed E-state index contributed by atoms with van der Waals surface area (Å²) in [6.45, 7) is 6.85. The average molecular weight is 360 g/mol. The third-order valence-electron chi connectivity index (χ3n) is 4.01. The molecular formula is C16H24BrClN2. The number of nitrogens with zero attached hydrogens (tertiary/aromatic N) is 1. The van der Waals surface area contributed by atoms with Crippen LogP contribution < -0.4 is 5.32 Å². The zero-order valence-corrected chi connectivity index (χ0v) is 14.5. The van der Waals surface area contributed by atoms with Gasteiger partial charge in [0.25, 0.3) is 0 Å². The van der Waals surface area contributed by atoms with Crippen LogP contribution in [-0.2, 0) is 0 Å². The van der Waals surface area contributed by atoms with Gasteiger partial charge in [-0.2, -0.15) is 0 Å². The third kappa shape index (κ3) is 5.03. The number of likely N-dealkylation sites (tertiary alicyclic amines) is 1. The molecule has 0 bridgehead atoms. The van der Waals surface area contributed by atoms with E-state index in [2.05, 4.69) is 39.1 Å². The molecule has 2 nitrogen and oxygen atoms in total. The van der Waals surface area contributed by atoms with E-state index in [0.717, 1.165) is 22.6 Å². The summed E-state index contributed by atoms with van der Waals surface area (Å²) in [4.78, 5) is 2.58. The molecular weight excluding hydrogens is 336 g/mol. The van der Waals surface area contributed by atoms with Crippen molar-refractivity contribution in [1.82, 2.24) is 10.2 Å². The molecule has 1 atom stereocenters. The summed E-state index contributed by atoms with van der Waals surface area (Å²) in [6, 6.07) is 6.40. The number of benzene rings is 1. The van der Waals surface area contributed by atoms with Gasteiger partial charge in [0.1, 0.15) is 0 Å². The average Bonchev–Trinajstić information content (AvgIpc) is 2.67. The Hall–Kier alpha value is -0.0900. The maximum atomic E-state index is 6.29. The summed E-state index contributed by atoms with van der Waals surface area (Å²) in [6.07, 6.45) is 5.51. The maximum absolute atomic E-state index is 6.29. The van der Waals surface area contributed by atoms with Crippen LogP contribution in [0.2, 0.25) is 5.02 Å². The van der Waals surface area contributed by atoms with Crippen LogP contribution in [0.4, 0.5) is 0 Å². The van der Waals surface area contributed by atoms with Crippen LogP contribution >= 0.6 is 27.5 Å². The SMILES string of the molecule is CC(NCCN1CCCCCC1)c1ccc(Br)cc1Cl. The van der Waals surface area contributed by atoms with Crippen molar-refractivity contribution in [1.29, 1.82) is 0 Å². The zero-order valence-electron chi connectivity index (χ0n) is 12.2. The Morgan fingerprint density at radius 2 is 1.95 bits per heavy atom. The van der Waals surface area contributed by atoms with E-state index in [-0.39, 0.29) is 0 Å². The van der Waals surface area contributed by atoms with E-state index in [1.165, 1.54) is 44.3 Å². The summed E-state index contributed by atoms with van der Waals surface area (Å²) >= 11 is 9.74. The summed E-state index contributed by atoms with van der Waals surface area (Å²) < 4.78 is 1.03. The molecule has 0 spiro atoms. The lowest BCUT2D eigenvalue weighted by atomic mass is 10.1. The van der Waals surface area contributed by atoms with Crippen molar-refractivity contribution < 1.29 is 0 Å². The van der Waals surface area contributed by atoms with Gasteiger partial charge in [0.05, 0.1) is 0 Å². The quantitative estimate of drug-likeness (QED) is 0.824. The van der Waals surface area contributed by atoms with Crippen LogP contribution in [0.15, 0.2) is 22.7 Å². The van der Waals surface area contributed by atoms with Crippen molar-refractivity contribution in [2.45, 2.75) is 38.6 Å². The maximum Gasteiger partial charge on any atom is 0.0464 e. The largest absolute Gasteiger partial charge is 0.309 e. The highest BCUT2D eigenvalue weighted by molar-refractivity contribution is 9.10. The van der Waals surface area contributed by atoms with Gasteiger partial charge in [-0.15, -0.1) is 0 Å². The second-order valence-electron chi connectivity index (χ2n) is 5.60. The summed E-state index contributed by atoms with van der Waals surface area (Å²) in [5, 5.41) is 4.41. The molecule has 1 saturated heterocycles. The topological polar surface area (TPSA) is 15.3 Å². The first-order chi connectivity index (χ1) is 9.66. The highest BCUT2D eigenvalue weighted by Crippen LogP contribution is 2.26. The Balaban J connectivity index is 1.78. The predicted molar refractivity (Wildman–Crippen MR) is 90.5 cm³/mol. The molecule has 1 N–H and O–H groups in total. The lowest BCUT2D eigenvalue weighted by Gasteiger charge is -2.22. The molecule has 1 aromatic rings. The molecule has 1 aliphatic rings. The van der Waals surface area contributed by atoms with Crippen molar-refractivity contribution in [3.63, 3.8) is 0 Å². The molecule has 20 heavy (non-hydrogen) atoms. The van der Waals surface area contributed by atoms with Crippen LogP contribution in [-0.4, -0.2) is 31.1 Å². The number of hydrogen-bond acceptors (Lipinski definition) is 2. The minimum absolute atomic E-state index is 0.294. The molecule has 112 valence electrons. The first kappa shape index (κ1) is 16.3. The Bertz CT molecular complexity index is 417. The first-order valence-corrected chi connectivity index (χ1v) is 8.74. The number of hydrogen-bond donors (Lipinski definition) is 1. The molecule has 1 fully saturated rings. The highest BCUT2D eigenvalue weighted by Gasteiger charge is 2.11. The lowest BCUT2D eigenvalue weighted by molar-refractivity contribution is 0.280. The van der Waals surface area contributed by atoms with E-state index < -0.39 is 0 Å². The monoisotopic (exact) mass is 358 g/mol. The molecule has 0 radical (unpaired) electrons. The molecule has 1 aliphatic heterocycles. The number of nitrogens with one attached hydrogen (secondary N) is 1. The van der Waals surface area contributed by atoms with Gasteiger partial charge in [-0.25, -0.2) is 0 Å². The molecule has 1 aromatic carbocycles. The minimum atomic E-state index is 0.294. The molecule has 4 heteroatoms. The van der Waals surface area contributed by atoms with Gasteiger partial charge in [0.2, 0.25) is 0 Å². The molecule has 0 aliphatic carbocycles. The molecule has 0 saturated carbocycles. The number of rotatable bonds is 5. The minimum Gasteiger partial charge on any atom is -0.309 e. The highest BCUT2D eigenvalue weighted by atomic mass is 79.9. The van der Waals surface area contributed by atoms with E-state index in [0.29, 0.717) is 6.04 Å².